The number of methoxy groups -OCH3 is 1. The molecule has 4 nitrogen and oxygen atoms in total. The zero-order valence-electron chi connectivity index (χ0n) is 10.6. The van der Waals surface area contributed by atoms with Crippen LogP contribution in [0.4, 0.5) is 0 Å². The van der Waals surface area contributed by atoms with Gasteiger partial charge in [0.2, 0.25) is 0 Å². The zero-order valence-corrected chi connectivity index (χ0v) is 11.4. The van der Waals surface area contributed by atoms with Gasteiger partial charge < -0.3 is 14.6 Å². The summed E-state index contributed by atoms with van der Waals surface area (Å²) in [6.45, 7) is 3.34. The van der Waals surface area contributed by atoms with Gasteiger partial charge >= 0.3 is 5.97 Å². The van der Waals surface area contributed by atoms with Crippen molar-refractivity contribution >= 4 is 17.6 Å². The number of hydrogen-bond acceptors (Lipinski definition) is 4. The Morgan fingerprint density at radius 2 is 2.00 bits per heavy atom. The van der Waals surface area contributed by atoms with Gasteiger partial charge in [-0.2, -0.15) is 0 Å². The molecule has 1 rings (SSSR count). The van der Waals surface area contributed by atoms with Crippen LogP contribution in [-0.2, 0) is 9.53 Å². The Hall–Kier alpha value is -1.26. The van der Waals surface area contributed by atoms with Gasteiger partial charge in [-0.25, -0.2) is 0 Å². The number of rotatable bonds is 5. The minimum absolute atomic E-state index is 0.219. The lowest BCUT2D eigenvalue weighted by atomic mass is 9.96. The quantitative estimate of drug-likeness (QED) is 0.660. The summed E-state index contributed by atoms with van der Waals surface area (Å²) in [5.74, 6) is 0.0216. The molecule has 18 heavy (non-hydrogen) atoms. The highest BCUT2D eigenvalue weighted by Gasteiger charge is 2.41. The summed E-state index contributed by atoms with van der Waals surface area (Å²) >= 11 is 6.07. The fraction of sp³-hybridized carbons (Fsp3) is 0.462. The second-order valence-electron chi connectivity index (χ2n) is 3.97. The van der Waals surface area contributed by atoms with Crippen LogP contribution in [0.3, 0.4) is 0 Å². The van der Waals surface area contributed by atoms with Crippen LogP contribution >= 0.6 is 11.6 Å². The molecular formula is C13H17ClO4. The number of alkyl halides is 1. The smallest absolute Gasteiger partial charge is 0.329 e. The van der Waals surface area contributed by atoms with Gasteiger partial charge in [0.05, 0.1) is 13.7 Å². The van der Waals surface area contributed by atoms with Crippen molar-refractivity contribution in [2.45, 2.75) is 24.8 Å². The second-order valence-corrected chi connectivity index (χ2v) is 4.76. The third-order valence-corrected chi connectivity index (χ3v) is 2.98. The van der Waals surface area contributed by atoms with E-state index in [2.05, 4.69) is 0 Å². The summed E-state index contributed by atoms with van der Waals surface area (Å²) in [6.07, 6.45) is -1.15. The standard InChI is InChI=1S/C13H17ClO4/c1-4-18-12(16)13(2,14)11(15)9-5-7-10(17-3)8-6-9/h5-8,11,15H,4H2,1-3H3. The number of carbonyl (C=O) groups is 1. The van der Waals surface area contributed by atoms with E-state index < -0.39 is 16.9 Å². The van der Waals surface area contributed by atoms with Gasteiger partial charge in [-0.15, -0.1) is 11.6 Å². The Morgan fingerprint density at radius 1 is 1.44 bits per heavy atom. The first kappa shape index (κ1) is 14.8. The highest BCUT2D eigenvalue weighted by molar-refractivity contribution is 6.34. The molecule has 0 aliphatic heterocycles. The SMILES string of the molecule is CCOC(=O)C(C)(Cl)C(O)c1ccc(OC)cc1. The molecule has 0 bridgehead atoms. The molecule has 0 amide bonds. The monoisotopic (exact) mass is 272 g/mol. The first-order valence-corrected chi connectivity index (χ1v) is 5.99. The Balaban J connectivity index is 2.90. The van der Waals surface area contributed by atoms with E-state index in [0.717, 1.165) is 0 Å². The van der Waals surface area contributed by atoms with E-state index in [4.69, 9.17) is 21.1 Å². The van der Waals surface area contributed by atoms with Gasteiger partial charge in [0.1, 0.15) is 11.9 Å². The van der Waals surface area contributed by atoms with Crippen LogP contribution < -0.4 is 4.74 Å². The minimum atomic E-state index is -1.51. The van der Waals surface area contributed by atoms with Gasteiger partial charge in [0.15, 0.2) is 4.87 Å². The normalized spacial score (nSPS) is 15.6. The van der Waals surface area contributed by atoms with Gasteiger partial charge in [-0.05, 0) is 31.5 Å². The van der Waals surface area contributed by atoms with E-state index in [1.807, 2.05) is 0 Å². The van der Waals surface area contributed by atoms with Crippen molar-refractivity contribution in [3.8, 4) is 5.75 Å². The molecule has 2 atom stereocenters. The van der Waals surface area contributed by atoms with Crippen LogP contribution in [0.2, 0.25) is 0 Å². The summed E-state index contributed by atoms with van der Waals surface area (Å²) in [7, 11) is 1.55. The van der Waals surface area contributed by atoms with Gasteiger partial charge in [-0.1, -0.05) is 12.1 Å². The number of ether oxygens (including phenoxy) is 2. The predicted octanol–water partition coefficient (Wildman–Crippen LogP) is 2.29. The summed E-state index contributed by atoms with van der Waals surface area (Å²) < 4.78 is 9.85. The molecular weight excluding hydrogens is 256 g/mol. The molecule has 0 heterocycles. The Kier molecular flexibility index (Phi) is 4.99. The lowest BCUT2D eigenvalue weighted by molar-refractivity contribution is -0.149. The number of carbonyl (C=O) groups excluding carboxylic acids is 1. The molecule has 1 N–H and O–H groups in total. The molecule has 0 saturated carbocycles. The predicted molar refractivity (Wildman–Crippen MR) is 68.8 cm³/mol. The van der Waals surface area contributed by atoms with E-state index in [1.165, 1.54) is 6.92 Å². The minimum Gasteiger partial charge on any atom is -0.497 e. The van der Waals surface area contributed by atoms with Crippen LogP contribution in [0.15, 0.2) is 24.3 Å². The van der Waals surface area contributed by atoms with Crippen molar-refractivity contribution in [1.82, 2.24) is 0 Å². The molecule has 1 aromatic carbocycles. The van der Waals surface area contributed by atoms with Crippen molar-refractivity contribution in [3.63, 3.8) is 0 Å². The lowest BCUT2D eigenvalue weighted by Gasteiger charge is -2.26. The highest BCUT2D eigenvalue weighted by Crippen LogP contribution is 2.33. The summed E-state index contributed by atoms with van der Waals surface area (Å²) in [5.41, 5.74) is 0.529. The third kappa shape index (κ3) is 3.15. The van der Waals surface area contributed by atoms with Crippen molar-refractivity contribution < 1.29 is 19.4 Å². The van der Waals surface area contributed by atoms with Crippen molar-refractivity contribution in [3.05, 3.63) is 29.8 Å². The number of esters is 1. The molecule has 5 heteroatoms. The lowest BCUT2D eigenvalue weighted by Crippen LogP contribution is -2.37. The van der Waals surface area contributed by atoms with Crippen molar-refractivity contribution in [2.24, 2.45) is 0 Å². The summed E-state index contributed by atoms with van der Waals surface area (Å²) in [4.78, 5) is 10.2. The fourth-order valence-electron chi connectivity index (χ4n) is 1.48. The van der Waals surface area contributed by atoms with Crippen LogP contribution in [0, 0.1) is 0 Å². The average Bonchev–Trinajstić information content (AvgIpc) is 2.38. The molecule has 0 aliphatic rings. The highest BCUT2D eigenvalue weighted by atomic mass is 35.5. The van der Waals surface area contributed by atoms with E-state index in [9.17, 15) is 9.90 Å². The van der Waals surface area contributed by atoms with E-state index in [0.29, 0.717) is 11.3 Å². The van der Waals surface area contributed by atoms with Crippen LogP contribution in [-0.4, -0.2) is 29.7 Å². The molecule has 0 fully saturated rings. The van der Waals surface area contributed by atoms with Crippen LogP contribution in [0.1, 0.15) is 25.5 Å². The number of benzene rings is 1. The topological polar surface area (TPSA) is 55.8 Å². The second kappa shape index (κ2) is 6.07. The van der Waals surface area contributed by atoms with Gasteiger partial charge in [-0.3, -0.25) is 4.79 Å². The molecule has 0 aliphatic carbocycles. The molecule has 0 radical (unpaired) electrons. The number of halogens is 1. The van der Waals surface area contributed by atoms with Crippen molar-refractivity contribution in [1.29, 1.82) is 0 Å². The van der Waals surface area contributed by atoms with E-state index in [1.54, 1.807) is 38.3 Å². The first-order valence-electron chi connectivity index (χ1n) is 5.61. The number of aliphatic hydroxyl groups excluding tert-OH is 1. The first-order chi connectivity index (χ1) is 8.43. The largest absolute Gasteiger partial charge is 0.497 e. The van der Waals surface area contributed by atoms with Crippen LogP contribution in [0.25, 0.3) is 0 Å². The number of aliphatic hydroxyl groups is 1. The summed E-state index contributed by atoms with van der Waals surface area (Å²) in [6, 6.07) is 6.69. The molecule has 0 aromatic heterocycles. The van der Waals surface area contributed by atoms with Crippen molar-refractivity contribution in [2.75, 3.05) is 13.7 Å². The van der Waals surface area contributed by atoms with Gasteiger partial charge in [0, 0.05) is 0 Å². The Bertz CT molecular complexity index is 400. The third-order valence-electron chi connectivity index (χ3n) is 2.62. The Labute approximate surface area is 111 Å². The maximum atomic E-state index is 11.7. The Morgan fingerprint density at radius 3 is 2.44 bits per heavy atom. The average molecular weight is 273 g/mol. The zero-order chi connectivity index (χ0) is 13.8. The molecule has 100 valence electrons. The molecule has 0 saturated heterocycles. The summed E-state index contributed by atoms with van der Waals surface area (Å²) in [5, 5.41) is 10.1. The maximum Gasteiger partial charge on any atom is 0.329 e. The maximum absolute atomic E-state index is 11.7. The van der Waals surface area contributed by atoms with E-state index in [-0.39, 0.29) is 6.61 Å². The molecule has 1 aromatic rings. The number of hydrogen-bond donors (Lipinski definition) is 1. The van der Waals surface area contributed by atoms with E-state index >= 15 is 0 Å². The molecule has 0 spiro atoms. The van der Waals surface area contributed by atoms with Gasteiger partial charge in [0.25, 0.3) is 0 Å². The molecule has 2 unspecified atom stereocenters. The van der Waals surface area contributed by atoms with Crippen LogP contribution in [0.5, 0.6) is 5.75 Å². The fourth-order valence-corrected chi connectivity index (χ4v) is 1.66.